The Morgan fingerprint density at radius 2 is 1.67 bits per heavy atom. The van der Waals surface area contributed by atoms with Crippen LogP contribution >= 0.6 is 23.2 Å². The van der Waals surface area contributed by atoms with E-state index in [4.69, 9.17) is 27.9 Å². The van der Waals surface area contributed by atoms with E-state index in [9.17, 15) is 4.79 Å². The molecular formula is C17H16Cl2O2. The summed E-state index contributed by atoms with van der Waals surface area (Å²) in [6.45, 7) is 2.02. The van der Waals surface area contributed by atoms with Crippen molar-refractivity contribution in [2.24, 2.45) is 0 Å². The first kappa shape index (κ1) is 15.9. The molecule has 0 fully saturated rings. The van der Waals surface area contributed by atoms with Gasteiger partial charge in [0.05, 0.1) is 10.9 Å². The van der Waals surface area contributed by atoms with Gasteiger partial charge in [-0.1, -0.05) is 66.9 Å². The van der Waals surface area contributed by atoms with E-state index in [2.05, 4.69) is 0 Å². The number of hydrogen-bond donors (Lipinski definition) is 0. The molecule has 21 heavy (non-hydrogen) atoms. The summed E-state index contributed by atoms with van der Waals surface area (Å²) in [4.78, 5) is 12.5. The maximum absolute atomic E-state index is 12.5. The van der Waals surface area contributed by atoms with Crippen molar-refractivity contribution in [3.8, 4) is 5.75 Å². The summed E-state index contributed by atoms with van der Waals surface area (Å²) in [5.74, 6) is -0.352. The maximum atomic E-state index is 12.5. The number of para-hydroxylation sites is 1. The fourth-order valence-corrected chi connectivity index (χ4v) is 2.60. The van der Waals surface area contributed by atoms with E-state index >= 15 is 0 Å². The van der Waals surface area contributed by atoms with Gasteiger partial charge in [0.1, 0.15) is 5.75 Å². The minimum Gasteiger partial charge on any atom is -0.424 e. The van der Waals surface area contributed by atoms with E-state index in [1.807, 2.05) is 25.1 Å². The van der Waals surface area contributed by atoms with Crippen LogP contribution in [0.4, 0.5) is 0 Å². The lowest BCUT2D eigenvalue weighted by Crippen LogP contribution is -2.19. The first-order valence-corrected chi connectivity index (χ1v) is 7.59. The quantitative estimate of drug-likeness (QED) is 0.538. The Kier molecular flexibility index (Phi) is 5.66. The van der Waals surface area contributed by atoms with Crippen LogP contribution in [0.15, 0.2) is 48.5 Å². The second kappa shape index (κ2) is 7.48. The van der Waals surface area contributed by atoms with Crippen molar-refractivity contribution in [2.75, 3.05) is 0 Å². The highest BCUT2D eigenvalue weighted by atomic mass is 35.5. The van der Waals surface area contributed by atoms with Crippen molar-refractivity contribution in [2.45, 2.75) is 25.7 Å². The molecule has 0 aliphatic heterocycles. The summed E-state index contributed by atoms with van der Waals surface area (Å²) < 4.78 is 5.44. The molecule has 0 N–H and O–H groups in total. The van der Waals surface area contributed by atoms with E-state index < -0.39 is 0 Å². The highest BCUT2D eigenvalue weighted by molar-refractivity contribution is 6.32. The number of carbonyl (C=O) groups is 1. The third kappa shape index (κ3) is 3.99. The molecule has 2 rings (SSSR count). The molecule has 0 amide bonds. The molecule has 0 spiro atoms. The predicted octanol–water partition coefficient (Wildman–Crippen LogP) is 5.48. The lowest BCUT2D eigenvalue weighted by Gasteiger charge is -2.17. The largest absolute Gasteiger partial charge is 0.424 e. The van der Waals surface area contributed by atoms with Crippen molar-refractivity contribution in [1.82, 2.24) is 0 Å². The molecule has 0 aliphatic rings. The van der Waals surface area contributed by atoms with Crippen LogP contribution in [0.5, 0.6) is 5.75 Å². The molecule has 2 aromatic rings. The van der Waals surface area contributed by atoms with Crippen molar-refractivity contribution in [1.29, 1.82) is 0 Å². The molecule has 2 aromatic carbocycles. The summed E-state index contributed by atoms with van der Waals surface area (Å²) >= 11 is 12.2. The number of hydrogen-bond acceptors (Lipinski definition) is 2. The maximum Gasteiger partial charge on any atom is 0.318 e. The summed E-state index contributed by atoms with van der Waals surface area (Å²) in [5.41, 5.74) is 0.790. The molecule has 0 saturated heterocycles. The molecular weight excluding hydrogens is 307 g/mol. The van der Waals surface area contributed by atoms with Gasteiger partial charge in [0.2, 0.25) is 0 Å². The van der Waals surface area contributed by atoms with E-state index in [1.165, 1.54) is 0 Å². The Morgan fingerprint density at radius 1 is 1.05 bits per heavy atom. The van der Waals surface area contributed by atoms with Gasteiger partial charge in [0.15, 0.2) is 0 Å². The fraction of sp³-hybridized carbons (Fsp3) is 0.235. The zero-order chi connectivity index (χ0) is 15.2. The number of rotatable bonds is 5. The summed E-state index contributed by atoms with van der Waals surface area (Å²) in [6.07, 6.45) is 1.53. The van der Waals surface area contributed by atoms with Crippen molar-refractivity contribution in [3.05, 3.63) is 64.1 Å². The van der Waals surface area contributed by atoms with Gasteiger partial charge in [-0.05, 0) is 30.2 Å². The minimum absolute atomic E-state index is 0.335. The van der Waals surface area contributed by atoms with Crippen molar-refractivity contribution < 1.29 is 9.53 Å². The molecule has 0 bridgehead atoms. The average molecular weight is 323 g/mol. The van der Waals surface area contributed by atoms with Gasteiger partial charge in [-0.25, -0.2) is 0 Å². The summed E-state index contributed by atoms with van der Waals surface area (Å²) in [5, 5.41) is 0.993. The second-order valence-corrected chi connectivity index (χ2v) is 5.53. The second-order valence-electron chi connectivity index (χ2n) is 4.71. The SMILES string of the molecule is CCCC(C(=O)Oc1ccccc1Cl)c1ccccc1Cl. The third-order valence-electron chi connectivity index (χ3n) is 3.19. The highest BCUT2D eigenvalue weighted by Gasteiger charge is 2.24. The molecule has 4 heteroatoms. The van der Waals surface area contributed by atoms with Crippen molar-refractivity contribution in [3.63, 3.8) is 0 Å². The minimum atomic E-state index is -0.389. The fourth-order valence-electron chi connectivity index (χ4n) is 2.15. The standard InChI is InChI=1S/C17H16Cl2O2/c1-2-7-13(12-8-3-4-9-14(12)18)17(20)21-16-11-6-5-10-15(16)19/h3-6,8-11,13H,2,7H2,1H3. The van der Waals surface area contributed by atoms with E-state index in [0.29, 0.717) is 22.2 Å². The monoisotopic (exact) mass is 322 g/mol. The molecule has 0 aliphatic carbocycles. The van der Waals surface area contributed by atoms with Crippen LogP contribution in [0.2, 0.25) is 10.0 Å². The van der Waals surface area contributed by atoms with E-state index in [1.54, 1.807) is 30.3 Å². The van der Waals surface area contributed by atoms with Crippen molar-refractivity contribution >= 4 is 29.2 Å². The topological polar surface area (TPSA) is 26.3 Å². The average Bonchev–Trinajstić information content (AvgIpc) is 2.48. The van der Waals surface area contributed by atoms with Crippen LogP contribution in [0.3, 0.4) is 0 Å². The number of ether oxygens (including phenoxy) is 1. The first-order valence-electron chi connectivity index (χ1n) is 6.84. The van der Waals surface area contributed by atoms with Gasteiger partial charge < -0.3 is 4.74 Å². The predicted molar refractivity (Wildman–Crippen MR) is 86.2 cm³/mol. The zero-order valence-electron chi connectivity index (χ0n) is 11.7. The molecule has 2 nitrogen and oxygen atoms in total. The summed E-state index contributed by atoms with van der Waals surface area (Å²) in [7, 11) is 0. The Hall–Kier alpha value is -1.51. The van der Waals surface area contributed by atoms with Gasteiger partial charge in [0, 0.05) is 5.02 Å². The van der Waals surface area contributed by atoms with E-state index in [-0.39, 0.29) is 11.9 Å². The van der Waals surface area contributed by atoms with Crippen LogP contribution in [-0.2, 0) is 4.79 Å². The Morgan fingerprint density at radius 3 is 2.29 bits per heavy atom. The van der Waals surface area contributed by atoms with Gasteiger partial charge in [0.25, 0.3) is 0 Å². The molecule has 0 saturated carbocycles. The molecule has 0 heterocycles. The normalized spacial score (nSPS) is 12.0. The lowest BCUT2D eigenvalue weighted by atomic mass is 9.94. The van der Waals surface area contributed by atoms with E-state index in [0.717, 1.165) is 12.0 Å². The van der Waals surface area contributed by atoms with Crippen LogP contribution in [0.1, 0.15) is 31.2 Å². The molecule has 110 valence electrons. The zero-order valence-corrected chi connectivity index (χ0v) is 13.2. The third-order valence-corrected chi connectivity index (χ3v) is 3.85. The number of esters is 1. The van der Waals surface area contributed by atoms with Crippen LogP contribution in [-0.4, -0.2) is 5.97 Å². The molecule has 1 atom stereocenters. The number of halogens is 2. The summed E-state index contributed by atoms with van der Waals surface area (Å²) in [6, 6.07) is 14.3. The molecule has 0 radical (unpaired) electrons. The van der Waals surface area contributed by atoms with Gasteiger partial charge in [-0.15, -0.1) is 0 Å². The Bertz CT molecular complexity index is 626. The highest BCUT2D eigenvalue weighted by Crippen LogP contribution is 2.31. The lowest BCUT2D eigenvalue weighted by molar-refractivity contribution is -0.136. The number of benzene rings is 2. The smallest absolute Gasteiger partial charge is 0.318 e. The first-order chi connectivity index (χ1) is 10.1. The van der Waals surface area contributed by atoms with Crippen LogP contribution < -0.4 is 4.74 Å². The number of carbonyl (C=O) groups excluding carboxylic acids is 1. The Labute approximate surface area is 134 Å². The van der Waals surface area contributed by atoms with Gasteiger partial charge in [-0.2, -0.15) is 0 Å². The molecule has 0 aromatic heterocycles. The van der Waals surface area contributed by atoms with Gasteiger partial charge in [-0.3, -0.25) is 4.79 Å². The Balaban J connectivity index is 2.25. The van der Waals surface area contributed by atoms with Crippen LogP contribution in [0, 0.1) is 0 Å². The van der Waals surface area contributed by atoms with Crippen LogP contribution in [0.25, 0.3) is 0 Å². The van der Waals surface area contributed by atoms with Gasteiger partial charge >= 0.3 is 5.97 Å². The molecule has 1 unspecified atom stereocenters.